The van der Waals surface area contributed by atoms with Gasteiger partial charge in [0.1, 0.15) is 4.21 Å². The average Bonchev–Trinajstić information content (AvgIpc) is 2.63. The fourth-order valence-electron chi connectivity index (χ4n) is 0.999. The summed E-state index contributed by atoms with van der Waals surface area (Å²) in [5.74, 6) is 0. The lowest BCUT2D eigenvalue weighted by molar-refractivity contribution is -0.132. The van der Waals surface area contributed by atoms with Crippen LogP contribution in [0.3, 0.4) is 0 Å². The highest BCUT2D eigenvalue weighted by molar-refractivity contribution is 7.91. The van der Waals surface area contributed by atoms with Crippen LogP contribution in [0, 0.1) is 0 Å². The van der Waals surface area contributed by atoms with E-state index in [0.717, 1.165) is 11.3 Å². The van der Waals surface area contributed by atoms with Crippen LogP contribution in [-0.4, -0.2) is 21.1 Å². The van der Waals surface area contributed by atoms with Crippen LogP contribution in [0.2, 0.25) is 0 Å². The Kier molecular flexibility index (Phi) is 4.53. The Hall–Kier alpha value is -0.640. The van der Waals surface area contributed by atoms with Gasteiger partial charge in [0.15, 0.2) is 0 Å². The van der Waals surface area contributed by atoms with Crippen LogP contribution in [0.15, 0.2) is 15.7 Å². The Labute approximate surface area is 101 Å². The van der Waals surface area contributed by atoms with Crippen molar-refractivity contribution >= 4 is 21.4 Å². The maximum atomic E-state index is 11.8. The lowest BCUT2D eigenvalue weighted by atomic mass is 10.4. The third-order valence-electron chi connectivity index (χ3n) is 1.83. The molecule has 0 fully saturated rings. The normalized spacial score (nSPS) is 12.9. The Morgan fingerprint density at radius 3 is 2.53 bits per heavy atom. The van der Waals surface area contributed by atoms with Gasteiger partial charge in [-0.2, -0.15) is 13.2 Å². The molecule has 9 heteroatoms. The first-order valence-electron chi connectivity index (χ1n) is 4.58. The molecule has 0 spiro atoms. The summed E-state index contributed by atoms with van der Waals surface area (Å²) in [5, 5.41) is 1.55. The summed E-state index contributed by atoms with van der Waals surface area (Å²) < 4.78 is 60.5. The zero-order valence-corrected chi connectivity index (χ0v) is 10.3. The monoisotopic (exact) mass is 288 g/mol. The minimum Gasteiger partial charge on any atom is -0.326 e. The Bertz CT molecular complexity index is 467. The maximum Gasteiger partial charge on any atom is 0.390 e. The van der Waals surface area contributed by atoms with E-state index in [1.165, 1.54) is 6.07 Å². The lowest BCUT2D eigenvalue weighted by Gasteiger charge is -2.07. The van der Waals surface area contributed by atoms with Crippen molar-refractivity contribution in [2.45, 2.75) is 23.4 Å². The summed E-state index contributed by atoms with van der Waals surface area (Å²) in [7, 11) is -3.86. The minimum atomic E-state index is -4.37. The van der Waals surface area contributed by atoms with E-state index in [0.29, 0.717) is 5.56 Å². The van der Waals surface area contributed by atoms with E-state index in [4.69, 9.17) is 5.73 Å². The Morgan fingerprint density at radius 2 is 2.06 bits per heavy atom. The van der Waals surface area contributed by atoms with Gasteiger partial charge < -0.3 is 5.73 Å². The third-order valence-corrected chi connectivity index (χ3v) is 4.78. The SMILES string of the molecule is NCc1csc(S(=O)(=O)NCCC(F)(F)F)c1. The first-order chi connectivity index (χ1) is 7.74. The minimum absolute atomic E-state index is 0.0277. The molecule has 0 aliphatic carbocycles. The van der Waals surface area contributed by atoms with Gasteiger partial charge in [0.2, 0.25) is 10.0 Å². The van der Waals surface area contributed by atoms with E-state index in [1.807, 2.05) is 4.72 Å². The van der Waals surface area contributed by atoms with Crippen molar-refractivity contribution in [1.29, 1.82) is 0 Å². The number of sulfonamides is 1. The first kappa shape index (κ1) is 14.4. The summed E-state index contributed by atoms with van der Waals surface area (Å²) >= 11 is 0.927. The topological polar surface area (TPSA) is 72.2 Å². The van der Waals surface area contributed by atoms with Gasteiger partial charge in [0.25, 0.3) is 0 Å². The highest BCUT2D eigenvalue weighted by atomic mass is 32.2. The summed E-state index contributed by atoms with van der Waals surface area (Å²) in [6.07, 6.45) is -5.57. The fourth-order valence-corrected chi connectivity index (χ4v) is 3.30. The molecule has 0 aromatic carbocycles. The smallest absolute Gasteiger partial charge is 0.326 e. The van der Waals surface area contributed by atoms with Gasteiger partial charge in [-0.25, -0.2) is 13.1 Å². The van der Waals surface area contributed by atoms with Crippen LogP contribution in [0.5, 0.6) is 0 Å². The van der Waals surface area contributed by atoms with Gasteiger partial charge >= 0.3 is 6.18 Å². The molecule has 0 radical (unpaired) electrons. The van der Waals surface area contributed by atoms with E-state index in [1.54, 1.807) is 5.38 Å². The molecule has 0 bridgehead atoms. The van der Waals surface area contributed by atoms with Crippen molar-refractivity contribution in [2.24, 2.45) is 5.73 Å². The van der Waals surface area contributed by atoms with Crippen LogP contribution in [0.4, 0.5) is 13.2 Å². The van der Waals surface area contributed by atoms with Gasteiger partial charge in [-0.05, 0) is 17.0 Å². The molecule has 0 amide bonds. The molecule has 1 rings (SSSR count). The summed E-state index contributed by atoms with van der Waals surface area (Å²) in [6, 6.07) is 1.35. The van der Waals surface area contributed by atoms with Gasteiger partial charge in [-0.15, -0.1) is 11.3 Å². The number of hydrogen-bond donors (Lipinski definition) is 2. The second-order valence-corrected chi connectivity index (χ2v) is 6.15. The van der Waals surface area contributed by atoms with E-state index in [9.17, 15) is 21.6 Å². The van der Waals surface area contributed by atoms with Crippen molar-refractivity contribution in [3.05, 3.63) is 17.0 Å². The van der Waals surface area contributed by atoms with E-state index in [-0.39, 0.29) is 10.8 Å². The van der Waals surface area contributed by atoms with Crippen LogP contribution >= 0.6 is 11.3 Å². The van der Waals surface area contributed by atoms with E-state index < -0.39 is 29.2 Å². The molecule has 0 atom stereocenters. The molecule has 0 aliphatic heterocycles. The largest absolute Gasteiger partial charge is 0.390 e. The summed E-state index contributed by atoms with van der Waals surface area (Å²) in [4.78, 5) is 0. The number of halogens is 3. The van der Waals surface area contributed by atoms with Crippen molar-refractivity contribution in [3.8, 4) is 0 Å². The van der Waals surface area contributed by atoms with Crippen LogP contribution in [-0.2, 0) is 16.6 Å². The van der Waals surface area contributed by atoms with Gasteiger partial charge in [0.05, 0.1) is 6.42 Å². The summed E-state index contributed by atoms with van der Waals surface area (Å²) in [5.41, 5.74) is 5.94. The molecule has 0 unspecified atom stereocenters. The number of rotatable bonds is 5. The van der Waals surface area contributed by atoms with E-state index in [2.05, 4.69) is 0 Å². The number of hydrogen-bond acceptors (Lipinski definition) is 4. The lowest BCUT2D eigenvalue weighted by Crippen LogP contribution is -2.27. The van der Waals surface area contributed by atoms with Crippen LogP contribution in [0.25, 0.3) is 0 Å². The molecule has 0 saturated carbocycles. The molecule has 1 aromatic heterocycles. The van der Waals surface area contributed by atoms with Crippen molar-refractivity contribution in [1.82, 2.24) is 4.72 Å². The van der Waals surface area contributed by atoms with Gasteiger partial charge in [0, 0.05) is 13.1 Å². The fraction of sp³-hybridized carbons (Fsp3) is 0.500. The second-order valence-electron chi connectivity index (χ2n) is 3.24. The van der Waals surface area contributed by atoms with Crippen molar-refractivity contribution < 1.29 is 21.6 Å². The maximum absolute atomic E-state index is 11.8. The zero-order chi connectivity index (χ0) is 13.1. The highest BCUT2D eigenvalue weighted by Gasteiger charge is 2.27. The number of nitrogens with one attached hydrogen (secondary N) is 1. The standard InChI is InChI=1S/C8H11F3N2O2S2/c9-8(10,11)1-2-13-17(14,15)7-3-6(4-12)5-16-7/h3,5,13H,1-2,4,12H2. The predicted molar refractivity (Wildman–Crippen MR) is 58.1 cm³/mol. The number of alkyl halides is 3. The molecule has 0 aliphatic rings. The molecular weight excluding hydrogens is 277 g/mol. The average molecular weight is 288 g/mol. The molecular formula is C8H11F3N2O2S2. The molecule has 1 aromatic rings. The summed E-state index contributed by atoms with van der Waals surface area (Å²) in [6.45, 7) is -0.476. The molecule has 98 valence electrons. The van der Waals surface area contributed by atoms with Gasteiger partial charge in [-0.3, -0.25) is 0 Å². The first-order valence-corrected chi connectivity index (χ1v) is 6.95. The second kappa shape index (κ2) is 5.34. The molecule has 0 saturated heterocycles. The molecule has 3 N–H and O–H groups in total. The van der Waals surface area contributed by atoms with Crippen molar-refractivity contribution in [3.63, 3.8) is 0 Å². The van der Waals surface area contributed by atoms with Crippen LogP contribution < -0.4 is 10.5 Å². The third kappa shape index (κ3) is 4.62. The van der Waals surface area contributed by atoms with Crippen LogP contribution in [0.1, 0.15) is 12.0 Å². The van der Waals surface area contributed by atoms with E-state index >= 15 is 0 Å². The quantitative estimate of drug-likeness (QED) is 0.861. The Balaban J connectivity index is 2.63. The zero-order valence-electron chi connectivity index (χ0n) is 8.62. The number of thiophene rings is 1. The predicted octanol–water partition coefficient (Wildman–Crippen LogP) is 1.44. The molecule has 1 heterocycles. The number of nitrogens with two attached hydrogens (primary N) is 1. The molecule has 17 heavy (non-hydrogen) atoms. The van der Waals surface area contributed by atoms with Crippen molar-refractivity contribution in [2.75, 3.05) is 6.54 Å². The highest BCUT2D eigenvalue weighted by Crippen LogP contribution is 2.21. The molecule has 4 nitrogen and oxygen atoms in total. The Morgan fingerprint density at radius 1 is 1.41 bits per heavy atom. The van der Waals surface area contributed by atoms with Gasteiger partial charge in [-0.1, -0.05) is 0 Å².